The van der Waals surface area contributed by atoms with E-state index in [0.29, 0.717) is 18.6 Å². The van der Waals surface area contributed by atoms with Crippen molar-refractivity contribution in [3.63, 3.8) is 0 Å². The molecule has 21 heavy (non-hydrogen) atoms. The molecule has 3 aromatic rings. The Morgan fingerprint density at radius 3 is 2.57 bits per heavy atom. The molecule has 0 bridgehead atoms. The highest BCUT2D eigenvalue weighted by Crippen LogP contribution is 2.27. The number of hydrogen-bond acceptors (Lipinski definition) is 1. The van der Waals surface area contributed by atoms with Crippen LogP contribution in [0.2, 0.25) is 0 Å². The van der Waals surface area contributed by atoms with E-state index in [-0.39, 0.29) is 5.92 Å². The third-order valence-electron chi connectivity index (χ3n) is 3.93. The number of Topliss-reactive ketones (excluding diaryl/α,β-unsaturated/α-hetero) is 1. The molecule has 0 spiro atoms. The van der Waals surface area contributed by atoms with Gasteiger partial charge in [0.2, 0.25) is 0 Å². The maximum absolute atomic E-state index is 12.2. The number of hydrogen-bond donors (Lipinski definition) is 1. The molecular weight excluding hydrogens is 258 g/mol. The van der Waals surface area contributed by atoms with Crippen LogP contribution in [-0.4, -0.2) is 10.8 Å². The zero-order chi connectivity index (χ0) is 14.7. The maximum Gasteiger partial charge on any atom is 0.137 e. The van der Waals surface area contributed by atoms with Crippen molar-refractivity contribution < 1.29 is 4.79 Å². The zero-order valence-electron chi connectivity index (χ0n) is 12.2. The Kier molecular flexibility index (Phi) is 3.87. The van der Waals surface area contributed by atoms with Crippen molar-refractivity contribution in [3.8, 4) is 0 Å². The van der Waals surface area contributed by atoms with Gasteiger partial charge in [-0.25, -0.2) is 0 Å². The number of carbonyl (C=O) groups is 1. The van der Waals surface area contributed by atoms with Crippen LogP contribution in [0.3, 0.4) is 0 Å². The topological polar surface area (TPSA) is 32.9 Å². The molecule has 106 valence electrons. The van der Waals surface area contributed by atoms with Gasteiger partial charge >= 0.3 is 0 Å². The van der Waals surface area contributed by atoms with Gasteiger partial charge in [0.1, 0.15) is 5.78 Å². The molecule has 0 saturated carbocycles. The summed E-state index contributed by atoms with van der Waals surface area (Å²) in [5.74, 6) is 0.524. The number of H-pyrrole nitrogens is 1. The summed E-state index contributed by atoms with van der Waals surface area (Å²) in [6, 6.07) is 18.2. The summed E-state index contributed by atoms with van der Waals surface area (Å²) in [7, 11) is 0. The lowest BCUT2D eigenvalue weighted by molar-refractivity contribution is -0.118. The number of carbonyl (C=O) groups excluding carboxylic acids is 1. The minimum Gasteiger partial charge on any atom is -0.361 e. The van der Waals surface area contributed by atoms with E-state index in [4.69, 9.17) is 0 Å². The minimum absolute atomic E-state index is 0.234. The number of benzene rings is 2. The van der Waals surface area contributed by atoms with Crippen LogP contribution in [0.1, 0.15) is 30.4 Å². The number of aromatic amines is 1. The molecule has 2 heteroatoms. The molecule has 0 aliphatic carbocycles. The van der Waals surface area contributed by atoms with Gasteiger partial charge < -0.3 is 4.98 Å². The Hall–Kier alpha value is -2.35. The number of ketones is 1. The van der Waals surface area contributed by atoms with Crippen molar-refractivity contribution in [1.82, 2.24) is 4.98 Å². The first-order valence-electron chi connectivity index (χ1n) is 7.35. The Morgan fingerprint density at radius 2 is 1.76 bits per heavy atom. The maximum atomic E-state index is 12.2. The molecule has 0 radical (unpaired) electrons. The van der Waals surface area contributed by atoms with Gasteiger partial charge in [-0.1, -0.05) is 55.5 Å². The number of para-hydroxylation sites is 1. The lowest BCUT2D eigenvalue weighted by Crippen LogP contribution is -2.07. The van der Waals surface area contributed by atoms with Gasteiger partial charge in [0, 0.05) is 29.9 Å². The molecule has 3 rings (SSSR count). The SMILES string of the molecule is CC(CC(=O)Cc1ccccc1)c1c[nH]c2ccccc12. The fraction of sp³-hybridized carbons (Fsp3) is 0.211. The van der Waals surface area contributed by atoms with Crippen molar-refractivity contribution in [3.05, 3.63) is 71.9 Å². The molecule has 0 fully saturated rings. The second-order valence-corrected chi connectivity index (χ2v) is 5.60. The molecule has 0 aliphatic rings. The van der Waals surface area contributed by atoms with Crippen molar-refractivity contribution in [2.45, 2.75) is 25.7 Å². The first-order chi connectivity index (χ1) is 10.2. The average Bonchev–Trinajstić information content (AvgIpc) is 2.92. The fourth-order valence-electron chi connectivity index (χ4n) is 2.85. The molecule has 1 unspecified atom stereocenters. The van der Waals surface area contributed by atoms with Crippen LogP contribution in [0.15, 0.2) is 60.8 Å². The van der Waals surface area contributed by atoms with Gasteiger partial charge in [-0.2, -0.15) is 0 Å². The van der Waals surface area contributed by atoms with Gasteiger partial charge in [-0.05, 0) is 23.1 Å². The summed E-state index contributed by atoms with van der Waals surface area (Å²) in [4.78, 5) is 15.5. The third-order valence-corrected chi connectivity index (χ3v) is 3.93. The van der Waals surface area contributed by atoms with Crippen LogP contribution in [0.25, 0.3) is 10.9 Å². The van der Waals surface area contributed by atoms with Crippen LogP contribution >= 0.6 is 0 Å². The molecule has 0 amide bonds. The molecular formula is C19H19NO. The van der Waals surface area contributed by atoms with Gasteiger partial charge in [-0.3, -0.25) is 4.79 Å². The third kappa shape index (κ3) is 3.05. The van der Waals surface area contributed by atoms with E-state index in [1.165, 1.54) is 10.9 Å². The largest absolute Gasteiger partial charge is 0.361 e. The van der Waals surface area contributed by atoms with Crippen LogP contribution in [-0.2, 0) is 11.2 Å². The van der Waals surface area contributed by atoms with Crippen LogP contribution < -0.4 is 0 Å². The summed E-state index contributed by atoms with van der Waals surface area (Å²) in [6.45, 7) is 2.12. The lowest BCUT2D eigenvalue weighted by atomic mass is 9.93. The Morgan fingerprint density at radius 1 is 1.05 bits per heavy atom. The highest BCUT2D eigenvalue weighted by Gasteiger charge is 2.15. The predicted octanol–water partition coefficient (Wildman–Crippen LogP) is 4.47. The summed E-state index contributed by atoms with van der Waals surface area (Å²) < 4.78 is 0. The second kappa shape index (κ2) is 5.96. The van der Waals surface area contributed by atoms with Crippen molar-refractivity contribution in [2.75, 3.05) is 0 Å². The molecule has 0 aliphatic heterocycles. The summed E-state index contributed by atoms with van der Waals surface area (Å²) in [5.41, 5.74) is 3.45. The standard InChI is InChI=1S/C19H19NO/c1-14(11-16(21)12-15-7-3-2-4-8-15)18-13-20-19-10-6-5-9-17(18)19/h2-10,13-14,20H,11-12H2,1H3. The van der Waals surface area contributed by atoms with E-state index < -0.39 is 0 Å². The number of fused-ring (bicyclic) bond motifs is 1. The number of rotatable bonds is 5. The van der Waals surface area contributed by atoms with Crippen LogP contribution in [0.5, 0.6) is 0 Å². The molecule has 1 N–H and O–H groups in total. The van der Waals surface area contributed by atoms with Crippen molar-refractivity contribution in [1.29, 1.82) is 0 Å². The Balaban J connectivity index is 1.71. The fourth-order valence-corrected chi connectivity index (χ4v) is 2.85. The summed E-state index contributed by atoms with van der Waals surface area (Å²) in [5, 5.41) is 1.22. The van der Waals surface area contributed by atoms with E-state index >= 15 is 0 Å². The van der Waals surface area contributed by atoms with E-state index in [1.807, 2.05) is 48.7 Å². The molecule has 1 heterocycles. The van der Waals surface area contributed by atoms with Crippen molar-refractivity contribution in [2.24, 2.45) is 0 Å². The van der Waals surface area contributed by atoms with E-state index in [0.717, 1.165) is 11.1 Å². The summed E-state index contributed by atoms with van der Waals surface area (Å²) in [6.07, 6.45) is 3.13. The van der Waals surface area contributed by atoms with Gasteiger partial charge in [-0.15, -0.1) is 0 Å². The molecule has 1 aromatic heterocycles. The smallest absolute Gasteiger partial charge is 0.137 e. The van der Waals surface area contributed by atoms with E-state index in [9.17, 15) is 4.79 Å². The van der Waals surface area contributed by atoms with E-state index in [2.05, 4.69) is 24.0 Å². The molecule has 2 nitrogen and oxygen atoms in total. The van der Waals surface area contributed by atoms with Gasteiger partial charge in [0.25, 0.3) is 0 Å². The summed E-state index contributed by atoms with van der Waals surface area (Å²) >= 11 is 0. The second-order valence-electron chi connectivity index (χ2n) is 5.60. The predicted molar refractivity (Wildman–Crippen MR) is 86.5 cm³/mol. The van der Waals surface area contributed by atoms with E-state index in [1.54, 1.807) is 0 Å². The number of nitrogens with one attached hydrogen (secondary N) is 1. The average molecular weight is 277 g/mol. The van der Waals surface area contributed by atoms with Crippen molar-refractivity contribution >= 4 is 16.7 Å². The minimum atomic E-state index is 0.234. The van der Waals surface area contributed by atoms with Gasteiger partial charge in [0.15, 0.2) is 0 Å². The normalized spacial score (nSPS) is 12.4. The lowest BCUT2D eigenvalue weighted by Gasteiger charge is -2.10. The number of aromatic nitrogens is 1. The Bertz CT molecular complexity index is 742. The highest BCUT2D eigenvalue weighted by atomic mass is 16.1. The first kappa shape index (κ1) is 13.6. The highest BCUT2D eigenvalue weighted by molar-refractivity contribution is 5.86. The molecule has 2 aromatic carbocycles. The molecule has 1 atom stereocenters. The Labute approximate surface area is 124 Å². The van der Waals surface area contributed by atoms with Crippen LogP contribution in [0.4, 0.5) is 0 Å². The van der Waals surface area contributed by atoms with Crippen LogP contribution in [0, 0.1) is 0 Å². The molecule has 0 saturated heterocycles. The zero-order valence-corrected chi connectivity index (χ0v) is 12.2. The quantitative estimate of drug-likeness (QED) is 0.733. The first-order valence-corrected chi connectivity index (χ1v) is 7.35. The van der Waals surface area contributed by atoms with Gasteiger partial charge in [0.05, 0.1) is 0 Å². The monoisotopic (exact) mass is 277 g/mol.